The van der Waals surface area contributed by atoms with E-state index in [4.69, 9.17) is 4.74 Å². The van der Waals surface area contributed by atoms with E-state index >= 15 is 0 Å². The van der Waals surface area contributed by atoms with Crippen molar-refractivity contribution >= 4 is 29.9 Å². The van der Waals surface area contributed by atoms with Crippen molar-refractivity contribution < 1.29 is 9.13 Å². The van der Waals surface area contributed by atoms with Gasteiger partial charge >= 0.3 is 0 Å². The van der Waals surface area contributed by atoms with Gasteiger partial charge in [0.25, 0.3) is 0 Å². The zero-order valence-electron chi connectivity index (χ0n) is 17.0. The maximum atomic E-state index is 13.4. The summed E-state index contributed by atoms with van der Waals surface area (Å²) < 4.78 is 18.9. The Kier molecular flexibility index (Phi) is 9.94. The van der Waals surface area contributed by atoms with E-state index in [2.05, 4.69) is 27.4 Å². The lowest BCUT2D eigenvalue weighted by Gasteiger charge is -2.35. The number of hydrogen-bond donors (Lipinski definition) is 2. The predicted molar refractivity (Wildman–Crippen MR) is 123 cm³/mol. The van der Waals surface area contributed by atoms with E-state index in [0.29, 0.717) is 6.04 Å². The Morgan fingerprint density at radius 3 is 2.43 bits per heavy atom. The van der Waals surface area contributed by atoms with Crippen molar-refractivity contribution in [2.75, 3.05) is 39.9 Å². The number of guanidine groups is 1. The lowest BCUT2D eigenvalue weighted by molar-refractivity contribution is 0.0169. The fourth-order valence-electron chi connectivity index (χ4n) is 4.02. The quantitative estimate of drug-likeness (QED) is 0.366. The Balaban J connectivity index is 0.00000280. The number of aliphatic imine (C=N–C) groups is 1. The fraction of sp³-hybridized carbons (Fsp3) is 0.667. The number of halogens is 2. The maximum absolute atomic E-state index is 13.4. The Labute approximate surface area is 185 Å². The zero-order valence-corrected chi connectivity index (χ0v) is 19.3. The summed E-state index contributed by atoms with van der Waals surface area (Å²) in [6.07, 6.45) is 4.96. The second-order valence-corrected chi connectivity index (χ2v) is 7.77. The van der Waals surface area contributed by atoms with Crippen LogP contribution in [0.4, 0.5) is 4.39 Å². The highest BCUT2D eigenvalue weighted by molar-refractivity contribution is 14.0. The molecular formula is C21H34FIN4O. The molecule has 1 aromatic carbocycles. The van der Waals surface area contributed by atoms with Gasteiger partial charge in [0.2, 0.25) is 0 Å². The molecule has 1 unspecified atom stereocenters. The molecule has 1 aliphatic carbocycles. The average molecular weight is 504 g/mol. The van der Waals surface area contributed by atoms with Crippen LogP contribution in [0.1, 0.15) is 44.2 Å². The molecule has 0 radical (unpaired) electrons. The van der Waals surface area contributed by atoms with Crippen LogP contribution in [-0.2, 0) is 4.74 Å². The van der Waals surface area contributed by atoms with E-state index in [1.807, 2.05) is 19.2 Å². The number of morpholine rings is 1. The van der Waals surface area contributed by atoms with Crippen molar-refractivity contribution in [1.82, 2.24) is 15.5 Å². The monoisotopic (exact) mass is 504 g/mol. The molecule has 2 fully saturated rings. The molecule has 0 aromatic heterocycles. The number of nitrogens with one attached hydrogen (secondary N) is 2. The number of nitrogens with zero attached hydrogens (tertiary/aromatic N) is 2. The summed E-state index contributed by atoms with van der Waals surface area (Å²) in [5.41, 5.74) is 1.12. The molecule has 28 heavy (non-hydrogen) atoms. The minimum atomic E-state index is -0.198. The SMILES string of the molecule is CN=C(NCC(c1ccc(F)cc1)N1CCOCC1)NC1CCC(C)CC1.I. The van der Waals surface area contributed by atoms with Crippen LogP contribution in [0.3, 0.4) is 0 Å². The topological polar surface area (TPSA) is 48.9 Å². The summed E-state index contributed by atoms with van der Waals surface area (Å²) in [5, 5.41) is 7.08. The number of rotatable bonds is 5. The van der Waals surface area contributed by atoms with Crippen molar-refractivity contribution in [3.8, 4) is 0 Å². The van der Waals surface area contributed by atoms with Crippen LogP contribution in [-0.4, -0.2) is 56.8 Å². The molecule has 2 N–H and O–H groups in total. The Bertz CT molecular complexity index is 599. The van der Waals surface area contributed by atoms with E-state index in [-0.39, 0.29) is 35.8 Å². The molecule has 1 aliphatic heterocycles. The van der Waals surface area contributed by atoms with E-state index in [1.165, 1.54) is 25.7 Å². The van der Waals surface area contributed by atoms with Gasteiger partial charge in [0.05, 0.1) is 19.3 Å². The third kappa shape index (κ3) is 6.84. The van der Waals surface area contributed by atoms with Gasteiger partial charge < -0.3 is 15.4 Å². The van der Waals surface area contributed by atoms with E-state index in [9.17, 15) is 4.39 Å². The minimum Gasteiger partial charge on any atom is -0.379 e. The molecule has 2 aliphatic rings. The zero-order chi connectivity index (χ0) is 19.1. The van der Waals surface area contributed by atoms with Crippen molar-refractivity contribution in [2.24, 2.45) is 10.9 Å². The molecule has 1 saturated heterocycles. The van der Waals surface area contributed by atoms with Crippen molar-refractivity contribution in [3.63, 3.8) is 0 Å². The molecule has 5 nitrogen and oxygen atoms in total. The number of ether oxygens (including phenoxy) is 1. The van der Waals surface area contributed by atoms with Gasteiger partial charge in [-0.05, 0) is 49.3 Å². The first-order valence-electron chi connectivity index (χ1n) is 10.2. The molecule has 1 saturated carbocycles. The van der Waals surface area contributed by atoms with Crippen molar-refractivity contribution in [2.45, 2.75) is 44.7 Å². The highest BCUT2D eigenvalue weighted by Gasteiger charge is 2.24. The molecule has 0 spiro atoms. The van der Waals surface area contributed by atoms with Crippen LogP contribution in [0.25, 0.3) is 0 Å². The smallest absolute Gasteiger partial charge is 0.191 e. The maximum Gasteiger partial charge on any atom is 0.191 e. The standard InChI is InChI=1S/C21H33FN4O.HI/c1-16-3-9-19(10-4-16)25-21(23-2)24-15-20(26-11-13-27-14-12-26)17-5-7-18(22)8-6-17;/h5-8,16,19-20H,3-4,9-15H2,1-2H3,(H2,23,24,25);1H. The fourth-order valence-corrected chi connectivity index (χ4v) is 4.02. The van der Waals surface area contributed by atoms with Gasteiger partial charge in [-0.2, -0.15) is 0 Å². The summed E-state index contributed by atoms with van der Waals surface area (Å²) in [6, 6.07) is 7.52. The van der Waals surface area contributed by atoms with Gasteiger partial charge in [-0.25, -0.2) is 4.39 Å². The third-order valence-corrected chi connectivity index (χ3v) is 5.78. The predicted octanol–water partition coefficient (Wildman–Crippen LogP) is 3.56. The summed E-state index contributed by atoms with van der Waals surface area (Å²) in [7, 11) is 1.82. The summed E-state index contributed by atoms with van der Waals surface area (Å²) in [5.74, 6) is 1.49. The lowest BCUT2D eigenvalue weighted by Crippen LogP contribution is -2.48. The first-order chi connectivity index (χ1) is 13.2. The van der Waals surface area contributed by atoms with Gasteiger partial charge in [0, 0.05) is 32.7 Å². The first kappa shape index (κ1) is 23.3. The van der Waals surface area contributed by atoms with Crippen LogP contribution in [0.2, 0.25) is 0 Å². The molecule has 7 heteroatoms. The van der Waals surface area contributed by atoms with Crippen LogP contribution in [0, 0.1) is 11.7 Å². The molecule has 3 rings (SSSR count). The van der Waals surface area contributed by atoms with E-state index in [0.717, 1.165) is 50.3 Å². The van der Waals surface area contributed by atoms with Crippen LogP contribution in [0.5, 0.6) is 0 Å². The average Bonchev–Trinajstić information content (AvgIpc) is 2.71. The van der Waals surface area contributed by atoms with Gasteiger partial charge in [0.1, 0.15) is 5.82 Å². The summed E-state index contributed by atoms with van der Waals surface area (Å²) in [6.45, 7) is 6.32. The number of benzene rings is 1. The Morgan fingerprint density at radius 2 is 1.82 bits per heavy atom. The summed E-state index contributed by atoms with van der Waals surface area (Å²) in [4.78, 5) is 6.82. The third-order valence-electron chi connectivity index (χ3n) is 5.78. The molecule has 1 atom stereocenters. The van der Waals surface area contributed by atoms with E-state index < -0.39 is 0 Å². The Morgan fingerprint density at radius 1 is 1.18 bits per heavy atom. The van der Waals surface area contributed by atoms with Gasteiger partial charge in [0.15, 0.2) is 5.96 Å². The normalized spacial score (nSPS) is 24.9. The molecule has 1 aromatic rings. The van der Waals surface area contributed by atoms with Gasteiger partial charge in [-0.1, -0.05) is 19.1 Å². The molecule has 0 bridgehead atoms. The van der Waals surface area contributed by atoms with Crippen molar-refractivity contribution in [3.05, 3.63) is 35.6 Å². The highest BCUT2D eigenvalue weighted by Crippen LogP contribution is 2.24. The van der Waals surface area contributed by atoms with Crippen LogP contribution >= 0.6 is 24.0 Å². The van der Waals surface area contributed by atoms with Crippen LogP contribution < -0.4 is 10.6 Å². The van der Waals surface area contributed by atoms with Crippen molar-refractivity contribution in [1.29, 1.82) is 0 Å². The molecule has 1 heterocycles. The molecule has 158 valence electrons. The van der Waals surface area contributed by atoms with Gasteiger partial charge in [-0.3, -0.25) is 9.89 Å². The summed E-state index contributed by atoms with van der Waals surface area (Å²) >= 11 is 0. The lowest BCUT2D eigenvalue weighted by atomic mass is 9.87. The molecular weight excluding hydrogens is 470 g/mol. The van der Waals surface area contributed by atoms with Gasteiger partial charge in [-0.15, -0.1) is 24.0 Å². The second-order valence-electron chi connectivity index (χ2n) is 7.77. The second kappa shape index (κ2) is 11.9. The number of hydrogen-bond acceptors (Lipinski definition) is 3. The Hall–Kier alpha value is -0.930. The highest BCUT2D eigenvalue weighted by atomic mass is 127. The minimum absolute atomic E-state index is 0. The first-order valence-corrected chi connectivity index (χ1v) is 10.2. The molecule has 0 amide bonds. The van der Waals surface area contributed by atoms with Crippen LogP contribution in [0.15, 0.2) is 29.3 Å². The largest absolute Gasteiger partial charge is 0.379 e. The van der Waals surface area contributed by atoms with E-state index in [1.54, 1.807) is 12.1 Å².